The monoisotopic (exact) mass is 288 g/mol. The summed E-state index contributed by atoms with van der Waals surface area (Å²) in [5, 5.41) is 0. The largest absolute Gasteiger partial charge is 0.307 e. The van der Waals surface area contributed by atoms with Gasteiger partial charge in [-0.05, 0) is 36.4 Å². The molecule has 102 valence electrons. The molecule has 0 spiro atoms. The number of rotatable bonds is 1. The van der Waals surface area contributed by atoms with Gasteiger partial charge in [0.15, 0.2) is 0 Å². The summed E-state index contributed by atoms with van der Waals surface area (Å²) in [5.41, 5.74) is 1.33. The lowest BCUT2D eigenvalue weighted by molar-refractivity contribution is 0.0986. The zero-order valence-corrected chi connectivity index (χ0v) is 11.6. The van der Waals surface area contributed by atoms with Gasteiger partial charge in [0.25, 0.3) is 5.91 Å². The Balaban J connectivity index is 1.97. The number of nitrogens with zero attached hydrogens (tertiary/aromatic N) is 2. The van der Waals surface area contributed by atoms with E-state index < -0.39 is 5.95 Å². The van der Waals surface area contributed by atoms with Crippen LogP contribution in [0.2, 0.25) is 0 Å². The molecule has 0 radical (unpaired) electrons. The summed E-state index contributed by atoms with van der Waals surface area (Å²) in [6, 6.07) is 10.6. The predicted molar refractivity (Wildman–Crippen MR) is 77.7 cm³/mol. The number of aromatic nitrogens is 1. The first-order chi connectivity index (χ1) is 9.75. The SMILES string of the molecule is O=C(c1ccc(F)nc1)N1CCCSc2ccccc21. The highest BCUT2D eigenvalue weighted by molar-refractivity contribution is 7.99. The fourth-order valence-corrected chi connectivity index (χ4v) is 3.19. The maximum Gasteiger partial charge on any atom is 0.259 e. The zero-order chi connectivity index (χ0) is 13.9. The Hall–Kier alpha value is -1.88. The van der Waals surface area contributed by atoms with Crippen LogP contribution in [0.3, 0.4) is 0 Å². The molecule has 0 bridgehead atoms. The van der Waals surface area contributed by atoms with E-state index in [1.54, 1.807) is 16.7 Å². The number of anilines is 1. The van der Waals surface area contributed by atoms with E-state index in [1.165, 1.54) is 18.3 Å². The Bertz CT molecular complexity index is 630. The topological polar surface area (TPSA) is 33.2 Å². The van der Waals surface area contributed by atoms with E-state index >= 15 is 0 Å². The first-order valence-electron chi connectivity index (χ1n) is 6.41. The Labute approximate surface area is 120 Å². The first-order valence-corrected chi connectivity index (χ1v) is 7.39. The van der Waals surface area contributed by atoms with Gasteiger partial charge in [-0.25, -0.2) is 4.98 Å². The number of hydrogen-bond acceptors (Lipinski definition) is 3. The lowest BCUT2D eigenvalue weighted by Crippen LogP contribution is -2.31. The van der Waals surface area contributed by atoms with Crippen molar-refractivity contribution in [2.24, 2.45) is 0 Å². The van der Waals surface area contributed by atoms with E-state index in [9.17, 15) is 9.18 Å². The Kier molecular flexibility index (Phi) is 3.69. The molecule has 0 saturated heterocycles. The second-order valence-corrected chi connectivity index (χ2v) is 5.63. The fraction of sp³-hybridized carbons (Fsp3) is 0.200. The highest BCUT2D eigenvalue weighted by atomic mass is 32.2. The molecule has 2 heterocycles. The number of para-hydroxylation sites is 1. The molecule has 3 nitrogen and oxygen atoms in total. The third kappa shape index (κ3) is 2.54. The van der Waals surface area contributed by atoms with Crippen molar-refractivity contribution in [3.05, 3.63) is 54.1 Å². The predicted octanol–water partition coefficient (Wildman–Crippen LogP) is 3.36. The molecule has 0 saturated carbocycles. The van der Waals surface area contributed by atoms with Gasteiger partial charge >= 0.3 is 0 Å². The molecule has 20 heavy (non-hydrogen) atoms. The number of halogens is 1. The summed E-state index contributed by atoms with van der Waals surface area (Å²) in [7, 11) is 0. The third-order valence-corrected chi connectivity index (χ3v) is 4.31. The highest BCUT2D eigenvalue weighted by Crippen LogP contribution is 2.34. The number of hydrogen-bond donors (Lipinski definition) is 0. The molecule has 0 unspecified atom stereocenters. The normalized spacial score (nSPS) is 14.6. The maximum absolute atomic E-state index is 12.9. The summed E-state index contributed by atoms with van der Waals surface area (Å²) in [4.78, 5) is 19.0. The third-order valence-electron chi connectivity index (χ3n) is 3.16. The molecule has 0 atom stereocenters. The summed E-state index contributed by atoms with van der Waals surface area (Å²) < 4.78 is 12.9. The van der Waals surface area contributed by atoms with E-state index in [0.717, 1.165) is 22.8 Å². The van der Waals surface area contributed by atoms with E-state index in [-0.39, 0.29) is 5.91 Å². The van der Waals surface area contributed by atoms with Crippen molar-refractivity contribution >= 4 is 23.4 Å². The second-order valence-electron chi connectivity index (χ2n) is 4.50. The fourth-order valence-electron chi connectivity index (χ4n) is 2.20. The zero-order valence-electron chi connectivity index (χ0n) is 10.8. The van der Waals surface area contributed by atoms with Gasteiger partial charge in [-0.3, -0.25) is 4.79 Å². The van der Waals surface area contributed by atoms with E-state index in [2.05, 4.69) is 4.98 Å². The van der Waals surface area contributed by atoms with Gasteiger partial charge in [-0.1, -0.05) is 12.1 Å². The summed E-state index contributed by atoms with van der Waals surface area (Å²) in [6.07, 6.45) is 2.22. The minimum Gasteiger partial charge on any atom is -0.307 e. The summed E-state index contributed by atoms with van der Waals surface area (Å²) in [5.74, 6) is 0.281. The Morgan fingerprint density at radius 3 is 2.90 bits per heavy atom. The van der Waals surface area contributed by atoms with E-state index in [0.29, 0.717) is 12.1 Å². The molecule has 1 aromatic heterocycles. The molecular formula is C15H13FN2OS. The van der Waals surface area contributed by atoms with Gasteiger partial charge < -0.3 is 4.90 Å². The van der Waals surface area contributed by atoms with Crippen LogP contribution in [0.15, 0.2) is 47.5 Å². The number of thioether (sulfide) groups is 1. The van der Waals surface area contributed by atoms with Crippen LogP contribution in [0.1, 0.15) is 16.8 Å². The van der Waals surface area contributed by atoms with Crippen LogP contribution >= 0.6 is 11.8 Å². The molecule has 3 rings (SSSR count). The molecule has 1 amide bonds. The van der Waals surface area contributed by atoms with Crippen molar-refractivity contribution in [2.45, 2.75) is 11.3 Å². The number of fused-ring (bicyclic) bond motifs is 1. The number of carbonyl (C=O) groups is 1. The van der Waals surface area contributed by atoms with Crippen molar-refractivity contribution in [2.75, 3.05) is 17.2 Å². The molecule has 0 fully saturated rings. The molecule has 5 heteroatoms. The van der Waals surface area contributed by atoms with Crippen molar-refractivity contribution in [1.82, 2.24) is 4.98 Å². The molecule has 0 aliphatic carbocycles. The summed E-state index contributed by atoms with van der Waals surface area (Å²) in [6.45, 7) is 0.667. The average Bonchev–Trinajstić information content (AvgIpc) is 2.69. The van der Waals surface area contributed by atoms with Gasteiger partial charge in [0.2, 0.25) is 5.95 Å². The van der Waals surface area contributed by atoms with Crippen LogP contribution in [0, 0.1) is 5.95 Å². The molecule has 1 aliphatic heterocycles. The van der Waals surface area contributed by atoms with Gasteiger partial charge in [-0.15, -0.1) is 11.8 Å². The van der Waals surface area contributed by atoms with Crippen LogP contribution < -0.4 is 4.90 Å². The number of amides is 1. The minimum absolute atomic E-state index is 0.132. The Morgan fingerprint density at radius 2 is 2.10 bits per heavy atom. The average molecular weight is 288 g/mol. The second kappa shape index (κ2) is 5.63. The van der Waals surface area contributed by atoms with Crippen molar-refractivity contribution < 1.29 is 9.18 Å². The first kappa shape index (κ1) is 13.1. The van der Waals surface area contributed by atoms with Crippen LogP contribution in [0.25, 0.3) is 0 Å². The molecular weight excluding hydrogens is 275 g/mol. The lowest BCUT2D eigenvalue weighted by Gasteiger charge is -2.22. The smallest absolute Gasteiger partial charge is 0.259 e. The number of pyridine rings is 1. The van der Waals surface area contributed by atoms with Gasteiger partial charge in [-0.2, -0.15) is 4.39 Å². The molecule has 0 N–H and O–H groups in total. The standard InChI is InChI=1S/C15H13FN2OS/c16-14-7-6-11(10-17-14)15(19)18-8-3-9-20-13-5-2-1-4-12(13)18/h1-2,4-7,10H,3,8-9H2. The van der Waals surface area contributed by atoms with Crippen LogP contribution in [0.4, 0.5) is 10.1 Å². The van der Waals surface area contributed by atoms with Crippen LogP contribution in [-0.2, 0) is 0 Å². The van der Waals surface area contributed by atoms with Crippen LogP contribution in [0.5, 0.6) is 0 Å². The molecule has 1 aliphatic rings. The number of benzene rings is 1. The maximum atomic E-state index is 12.9. The van der Waals surface area contributed by atoms with Crippen molar-refractivity contribution in [3.63, 3.8) is 0 Å². The van der Waals surface area contributed by atoms with Gasteiger partial charge in [0, 0.05) is 17.6 Å². The summed E-state index contributed by atoms with van der Waals surface area (Å²) >= 11 is 1.76. The minimum atomic E-state index is -0.576. The lowest BCUT2D eigenvalue weighted by atomic mass is 10.2. The number of carbonyl (C=O) groups excluding carboxylic acids is 1. The molecule has 1 aromatic carbocycles. The van der Waals surface area contributed by atoms with Gasteiger partial charge in [0.05, 0.1) is 11.3 Å². The quantitative estimate of drug-likeness (QED) is 0.754. The van der Waals surface area contributed by atoms with Crippen LogP contribution in [-0.4, -0.2) is 23.2 Å². The van der Waals surface area contributed by atoms with Gasteiger partial charge in [0.1, 0.15) is 0 Å². The molecule has 2 aromatic rings. The Morgan fingerprint density at radius 1 is 1.25 bits per heavy atom. The van der Waals surface area contributed by atoms with Crippen molar-refractivity contribution in [3.8, 4) is 0 Å². The highest BCUT2D eigenvalue weighted by Gasteiger charge is 2.22. The van der Waals surface area contributed by atoms with E-state index in [4.69, 9.17) is 0 Å². The van der Waals surface area contributed by atoms with E-state index in [1.807, 2.05) is 24.3 Å². The van der Waals surface area contributed by atoms with Crippen molar-refractivity contribution in [1.29, 1.82) is 0 Å².